The highest BCUT2D eigenvalue weighted by molar-refractivity contribution is 6.88. The normalized spacial score (nSPS) is 12.3. The molecule has 0 saturated heterocycles. The first-order valence-corrected chi connectivity index (χ1v) is 15.8. The van der Waals surface area contributed by atoms with Crippen LogP contribution >= 0.6 is 0 Å². The summed E-state index contributed by atoms with van der Waals surface area (Å²) in [6, 6.07) is 31.7. The van der Waals surface area contributed by atoms with E-state index in [1.165, 1.54) is 5.19 Å². The van der Waals surface area contributed by atoms with Gasteiger partial charge in [0.05, 0.1) is 30.9 Å². The number of furan rings is 1. The fraction of sp³-hybridized carbons (Fsp3) is 0.0968. The van der Waals surface area contributed by atoms with E-state index in [0.29, 0.717) is 0 Å². The Balaban J connectivity index is 1.59. The third kappa shape index (κ3) is 3.13. The Kier molecular flexibility index (Phi) is 4.47. The van der Waals surface area contributed by atoms with Crippen molar-refractivity contribution in [3.05, 3.63) is 97.2 Å². The molecular weight excluding hydrogens is 458 g/mol. The molecular formula is C31H25N3OSi. The molecule has 0 aliphatic rings. The molecule has 0 radical (unpaired) electrons. The van der Waals surface area contributed by atoms with Gasteiger partial charge in [-0.15, -0.1) is 0 Å². The van der Waals surface area contributed by atoms with Crippen LogP contribution < -0.4 is 5.19 Å². The van der Waals surface area contributed by atoms with Crippen molar-refractivity contribution in [2.24, 2.45) is 0 Å². The Morgan fingerprint density at radius 1 is 0.722 bits per heavy atom. The second-order valence-electron chi connectivity index (χ2n) is 10.4. The second kappa shape index (κ2) is 7.64. The van der Waals surface area contributed by atoms with Crippen molar-refractivity contribution in [1.82, 2.24) is 14.5 Å². The average Bonchev–Trinajstić information content (AvgIpc) is 3.47. The number of imidazole rings is 1. The number of nitrogens with zero attached hydrogens (tertiary/aromatic N) is 3. The number of rotatable bonds is 3. The molecule has 0 atom stereocenters. The van der Waals surface area contributed by atoms with Crippen LogP contribution in [-0.4, -0.2) is 22.6 Å². The summed E-state index contributed by atoms with van der Waals surface area (Å²) in [4.78, 5) is 9.82. The molecule has 7 aromatic rings. The van der Waals surface area contributed by atoms with Crippen molar-refractivity contribution in [2.75, 3.05) is 0 Å². The maximum atomic E-state index is 6.60. The van der Waals surface area contributed by atoms with Gasteiger partial charge in [0.2, 0.25) is 0 Å². The summed E-state index contributed by atoms with van der Waals surface area (Å²) in [5, 5.41) is 4.72. The average molecular weight is 484 g/mol. The van der Waals surface area contributed by atoms with Gasteiger partial charge in [-0.05, 0) is 30.3 Å². The first kappa shape index (κ1) is 21.1. The molecule has 0 fully saturated rings. The van der Waals surface area contributed by atoms with Crippen LogP contribution in [0.5, 0.6) is 0 Å². The smallest absolute Gasteiger partial charge is 0.149 e. The minimum absolute atomic E-state index is 0.851. The minimum Gasteiger partial charge on any atom is -0.455 e. The zero-order chi connectivity index (χ0) is 24.4. The molecule has 0 amide bonds. The van der Waals surface area contributed by atoms with Gasteiger partial charge >= 0.3 is 0 Å². The molecule has 0 aliphatic carbocycles. The monoisotopic (exact) mass is 483 g/mol. The van der Waals surface area contributed by atoms with Crippen molar-refractivity contribution in [1.29, 1.82) is 0 Å². The predicted octanol–water partition coefficient (Wildman–Crippen LogP) is 7.69. The van der Waals surface area contributed by atoms with Crippen LogP contribution in [0.15, 0.2) is 102 Å². The Morgan fingerprint density at radius 2 is 1.50 bits per heavy atom. The molecule has 174 valence electrons. The number of hydrogen-bond donors (Lipinski definition) is 0. The first-order chi connectivity index (χ1) is 17.5. The van der Waals surface area contributed by atoms with Crippen LogP contribution in [0.3, 0.4) is 0 Å². The van der Waals surface area contributed by atoms with E-state index >= 15 is 0 Å². The molecule has 0 saturated carbocycles. The number of pyridine rings is 1. The van der Waals surface area contributed by atoms with E-state index in [9.17, 15) is 0 Å². The maximum Gasteiger partial charge on any atom is 0.149 e. The second-order valence-corrected chi connectivity index (χ2v) is 15.4. The lowest BCUT2D eigenvalue weighted by Crippen LogP contribution is -2.37. The summed E-state index contributed by atoms with van der Waals surface area (Å²) in [7, 11) is -1.46. The standard InChI is InChI=1S/C31H25N3OSi/c1-36(2,3)21-16-17-22-23-13-9-14-25(30(23)35-28(22)18-21)31-33-27-19-32-26-15-8-7-12-24(26)29(27)34(31)20-10-5-4-6-11-20/h4-19H,1-3H3. The summed E-state index contributed by atoms with van der Waals surface area (Å²) in [5.74, 6) is 0.851. The Labute approximate surface area is 209 Å². The molecule has 0 aliphatic heterocycles. The van der Waals surface area contributed by atoms with E-state index in [2.05, 4.69) is 102 Å². The number of benzene rings is 4. The molecule has 36 heavy (non-hydrogen) atoms. The molecule has 0 bridgehead atoms. The maximum absolute atomic E-state index is 6.60. The van der Waals surface area contributed by atoms with Crippen molar-refractivity contribution in [2.45, 2.75) is 19.6 Å². The van der Waals surface area contributed by atoms with Gasteiger partial charge in [0, 0.05) is 21.8 Å². The minimum atomic E-state index is -1.46. The van der Waals surface area contributed by atoms with Gasteiger partial charge < -0.3 is 4.42 Å². The fourth-order valence-corrected chi connectivity index (χ4v) is 6.30. The number of para-hydroxylation sites is 3. The van der Waals surface area contributed by atoms with Crippen LogP contribution in [0.4, 0.5) is 0 Å². The van der Waals surface area contributed by atoms with Gasteiger partial charge in [0.1, 0.15) is 22.5 Å². The molecule has 4 aromatic carbocycles. The van der Waals surface area contributed by atoms with Gasteiger partial charge in [-0.1, -0.05) is 85.5 Å². The van der Waals surface area contributed by atoms with E-state index in [4.69, 9.17) is 9.40 Å². The summed E-state index contributed by atoms with van der Waals surface area (Å²) in [6.45, 7) is 7.09. The molecule has 0 spiro atoms. The van der Waals surface area contributed by atoms with Gasteiger partial charge in [-0.2, -0.15) is 0 Å². The summed E-state index contributed by atoms with van der Waals surface area (Å²) < 4.78 is 8.85. The number of fused-ring (bicyclic) bond motifs is 6. The van der Waals surface area contributed by atoms with Gasteiger partial charge in [-0.25, -0.2) is 4.98 Å². The predicted molar refractivity (Wildman–Crippen MR) is 152 cm³/mol. The van der Waals surface area contributed by atoms with Crippen LogP contribution in [0.2, 0.25) is 19.6 Å². The van der Waals surface area contributed by atoms with E-state index in [1.807, 2.05) is 24.4 Å². The molecule has 4 nitrogen and oxygen atoms in total. The highest BCUT2D eigenvalue weighted by atomic mass is 28.3. The highest BCUT2D eigenvalue weighted by Gasteiger charge is 2.22. The lowest BCUT2D eigenvalue weighted by atomic mass is 10.1. The van der Waals surface area contributed by atoms with E-state index in [-0.39, 0.29) is 0 Å². The van der Waals surface area contributed by atoms with Crippen molar-refractivity contribution < 1.29 is 4.42 Å². The molecule has 5 heteroatoms. The van der Waals surface area contributed by atoms with E-state index < -0.39 is 8.07 Å². The zero-order valence-electron chi connectivity index (χ0n) is 20.5. The van der Waals surface area contributed by atoms with Gasteiger partial charge in [-0.3, -0.25) is 9.55 Å². The summed E-state index contributed by atoms with van der Waals surface area (Å²) in [5.41, 5.74) is 6.70. The van der Waals surface area contributed by atoms with Gasteiger partial charge in [0.15, 0.2) is 0 Å². The third-order valence-corrected chi connectivity index (χ3v) is 9.05. The van der Waals surface area contributed by atoms with E-state index in [0.717, 1.165) is 61.0 Å². The quantitative estimate of drug-likeness (QED) is 0.242. The number of hydrogen-bond acceptors (Lipinski definition) is 3. The van der Waals surface area contributed by atoms with Crippen LogP contribution in [-0.2, 0) is 0 Å². The Hall–Kier alpha value is -4.22. The summed E-state index contributed by atoms with van der Waals surface area (Å²) in [6.07, 6.45) is 1.87. The Bertz CT molecular complexity index is 1930. The van der Waals surface area contributed by atoms with Crippen LogP contribution in [0.1, 0.15) is 0 Å². The lowest BCUT2D eigenvalue weighted by molar-refractivity contribution is 0.669. The molecule has 3 aromatic heterocycles. The van der Waals surface area contributed by atoms with Gasteiger partial charge in [0.25, 0.3) is 0 Å². The molecule has 0 N–H and O–H groups in total. The topological polar surface area (TPSA) is 43.9 Å². The fourth-order valence-electron chi connectivity index (χ4n) is 5.15. The SMILES string of the molecule is C[Si](C)(C)c1ccc2c(c1)oc1c(-c3nc4cnc5ccccc5c4n3-c3ccccc3)cccc12. The van der Waals surface area contributed by atoms with E-state index in [1.54, 1.807) is 0 Å². The first-order valence-electron chi connectivity index (χ1n) is 12.3. The third-order valence-electron chi connectivity index (χ3n) is 7.01. The van der Waals surface area contributed by atoms with Crippen LogP contribution in [0, 0.1) is 0 Å². The molecule has 7 rings (SSSR count). The van der Waals surface area contributed by atoms with Crippen LogP contribution in [0.25, 0.3) is 61.0 Å². The van der Waals surface area contributed by atoms with Crippen molar-refractivity contribution >= 4 is 57.1 Å². The molecule has 3 heterocycles. The van der Waals surface area contributed by atoms with Crippen molar-refractivity contribution in [3.8, 4) is 17.1 Å². The number of aromatic nitrogens is 3. The highest BCUT2D eigenvalue weighted by Crippen LogP contribution is 2.38. The Morgan fingerprint density at radius 3 is 2.33 bits per heavy atom. The largest absolute Gasteiger partial charge is 0.455 e. The molecule has 0 unspecified atom stereocenters. The van der Waals surface area contributed by atoms with Crippen molar-refractivity contribution in [3.63, 3.8) is 0 Å². The summed E-state index contributed by atoms with van der Waals surface area (Å²) >= 11 is 0. The lowest BCUT2D eigenvalue weighted by Gasteiger charge is -2.15. The zero-order valence-corrected chi connectivity index (χ0v) is 21.5.